The lowest BCUT2D eigenvalue weighted by molar-refractivity contribution is -0.115. The van der Waals surface area contributed by atoms with Crippen LogP contribution in [0.25, 0.3) is 11.6 Å². The van der Waals surface area contributed by atoms with Crippen LogP contribution >= 0.6 is 11.6 Å². The van der Waals surface area contributed by atoms with Gasteiger partial charge in [-0.2, -0.15) is 0 Å². The van der Waals surface area contributed by atoms with E-state index in [1.807, 2.05) is 60.7 Å². The molecule has 0 unspecified atom stereocenters. The zero-order chi connectivity index (χ0) is 21.5. The second kappa shape index (κ2) is 10.4. The standard InChI is InChI=1S/C27H27ClN2O/c28-26-14-5-4-13-24(26)18-25(23-11-2-1-3-12-23)27(31)29-19-21-9-8-10-22(17-21)20-30-15-6-7-16-30/h1-5,8-14,17-18H,6-7,15-16,19-20H2,(H,29,31)/b25-18+. The third-order valence-corrected chi connectivity index (χ3v) is 5.93. The molecule has 1 fully saturated rings. The molecule has 1 heterocycles. The maximum Gasteiger partial charge on any atom is 0.252 e. The van der Waals surface area contributed by atoms with Crippen molar-refractivity contribution in [3.05, 3.63) is 106 Å². The molecule has 4 rings (SSSR count). The van der Waals surface area contributed by atoms with Gasteiger partial charge in [0.2, 0.25) is 0 Å². The fourth-order valence-corrected chi connectivity index (χ4v) is 4.15. The first-order chi connectivity index (χ1) is 15.2. The molecule has 1 N–H and O–H groups in total. The molecule has 0 radical (unpaired) electrons. The van der Waals surface area contributed by atoms with Crippen molar-refractivity contribution < 1.29 is 4.79 Å². The van der Waals surface area contributed by atoms with E-state index < -0.39 is 0 Å². The molecular formula is C27H27ClN2O. The minimum absolute atomic E-state index is 0.115. The first-order valence-corrected chi connectivity index (χ1v) is 11.2. The summed E-state index contributed by atoms with van der Waals surface area (Å²) in [6, 6.07) is 25.8. The van der Waals surface area contributed by atoms with Crippen molar-refractivity contribution in [1.29, 1.82) is 0 Å². The predicted molar refractivity (Wildman–Crippen MR) is 129 cm³/mol. The first-order valence-electron chi connectivity index (χ1n) is 10.8. The van der Waals surface area contributed by atoms with E-state index in [0.29, 0.717) is 17.1 Å². The van der Waals surface area contributed by atoms with Crippen molar-refractivity contribution in [2.45, 2.75) is 25.9 Å². The second-order valence-corrected chi connectivity index (χ2v) is 8.34. The molecule has 0 bridgehead atoms. The van der Waals surface area contributed by atoms with Crippen LogP contribution < -0.4 is 5.32 Å². The van der Waals surface area contributed by atoms with Crippen LogP contribution in [0.1, 0.15) is 35.1 Å². The summed E-state index contributed by atoms with van der Waals surface area (Å²) >= 11 is 6.34. The molecule has 0 atom stereocenters. The molecule has 3 aromatic rings. The molecule has 1 amide bonds. The lowest BCUT2D eigenvalue weighted by Gasteiger charge is -2.15. The van der Waals surface area contributed by atoms with Gasteiger partial charge < -0.3 is 5.32 Å². The Hall–Kier alpha value is -2.88. The number of hydrogen-bond donors (Lipinski definition) is 1. The van der Waals surface area contributed by atoms with Crippen LogP contribution in [-0.2, 0) is 17.9 Å². The Morgan fingerprint density at radius 2 is 1.61 bits per heavy atom. The summed E-state index contributed by atoms with van der Waals surface area (Å²) in [6.07, 6.45) is 4.43. The Bertz CT molecular complexity index is 1060. The van der Waals surface area contributed by atoms with E-state index in [0.717, 1.165) is 23.2 Å². The third kappa shape index (κ3) is 5.84. The Morgan fingerprint density at radius 1 is 0.903 bits per heavy atom. The summed E-state index contributed by atoms with van der Waals surface area (Å²) in [5.41, 5.74) is 4.69. The number of benzene rings is 3. The molecule has 158 valence electrons. The Kier molecular flexibility index (Phi) is 7.18. The normalized spacial score (nSPS) is 14.5. The maximum absolute atomic E-state index is 13.2. The first kappa shape index (κ1) is 21.4. The van der Waals surface area contributed by atoms with Gasteiger partial charge in [-0.1, -0.05) is 84.4 Å². The summed E-state index contributed by atoms with van der Waals surface area (Å²) in [6.45, 7) is 3.81. The number of carbonyl (C=O) groups is 1. The molecule has 0 aromatic heterocycles. The smallest absolute Gasteiger partial charge is 0.252 e. The number of rotatable bonds is 7. The Morgan fingerprint density at radius 3 is 2.39 bits per heavy atom. The average molecular weight is 431 g/mol. The highest BCUT2D eigenvalue weighted by molar-refractivity contribution is 6.33. The minimum Gasteiger partial charge on any atom is -0.348 e. The van der Waals surface area contributed by atoms with E-state index in [2.05, 4.69) is 34.5 Å². The van der Waals surface area contributed by atoms with Gasteiger partial charge >= 0.3 is 0 Å². The van der Waals surface area contributed by atoms with Gasteiger partial charge in [-0.25, -0.2) is 0 Å². The van der Waals surface area contributed by atoms with Gasteiger partial charge in [0.25, 0.3) is 5.91 Å². The van der Waals surface area contributed by atoms with Crippen molar-refractivity contribution in [3.63, 3.8) is 0 Å². The number of hydrogen-bond acceptors (Lipinski definition) is 2. The van der Waals surface area contributed by atoms with E-state index >= 15 is 0 Å². The zero-order valence-electron chi connectivity index (χ0n) is 17.6. The SMILES string of the molecule is O=C(NCc1cccc(CN2CCCC2)c1)/C(=C/c1ccccc1Cl)c1ccccc1. The topological polar surface area (TPSA) is 32.3 Å². The molecule has 1 aliphatic rings. The van der Waals surface area contributed by atoms with E-state index in [-0.39, 0.29) is 5.91 Å². The summed E-state index contributed by atoms with van der Waals surface area (Å²) in [5.74, 6) is -0.115. The molecule has 0 saturated carbocycles. The molecule has 0 aliphatic carbocycles. The Balaban J connectivity index is 1.50. The van der Waals surface area contributed by atoms with E-state index in [4.69, 9.17) is 11.6 Å². The number of carbonyl (C=O) groups excluding carboxylic acids is 1. The van der Waals surface area contributed by atoms with Gasteiger partial charge in [-0.3, -0.25) is 9.69 Å². The fraction of sp³-hybridized carbons (Fsp3) is 0.222. The highest BCUT2D eigenvalue weighted by Gasteiger charge is 2.14. The number of likely N-dealkylation sites (tertiary alicyclic amines) is 1. The van der Waals surface area contributed by atoms with E-state index in [1.165, 1.54) is 31.5 Å². The molecule has 4 heteroatoms. The van der Waals surface area contributed by atoms with Gasteiger partial charge in [-0.15, -0.1) is 0 Å². The van der Waals surface area contributed by atoms with E-state index in [9.17, 15) is 4.79 Å². The van der Waals surface area contributed by atoms with Crippen LogP contribution in [0.4, 0.5) is 0 Å². The largest absolute Gasteiger partial charge is 0.348 e. The molecule has 3 aromatic carbocycles. The number of nitrogens with one attached hydrogen (secondary N) is 1. The highest BCUT2D eigenvalue weighted by Crippen LogP contribution is 2.23. The highest BCUT2D eigenvalue weighted by atomic mass is 35.5. The average Bonchev–Trinajstić information content (AvgIpc) is 3.31. The minimum atomic E-state index is -0.115. The summed E-state index contributed by atoms with van der Waals surface area (Å²) < 4.78 is 0. The molecular weight excluding hydrogens is 404 g/mol. The van der Waals surface area contributed by atoms with Gasteiger partial charge in [0.1, 0.15) is 0 Å². The van der Waals surface area contributed by atoms with Crippen molar-refractivity contribution in [3.8, 4) is 0 Å². The van der Waals surface area contributed by atoms with Crippen molar-refractivity contribution in [2.75, 3.05) is 13.1 Å². The van der Waals surface area contributed by atoms with Gasteiger partial charge in [0, 0.05) is 23.7 Å². The zero-order valence-corrected chi connectivity index (χ0v) is 18.3. The quantitative estimate of drug-likeness (QED) is 0.380. The fourth-order valence-electron chi connectivity index (χ4n) is 3.96. The lowest BCUT2D eigenvalue weighted by atomic mass is 10.0. The van der Waals surface area contributed by atoms with Crippen LogP contribution in [0.3, 0.4) is 0 Å². The summed E-state index contributed by atoms with van der Waals surface area (Å²) in [7, 11) is 0. The molecule has 0 spiro atoms. The van der Waals surface area contributed by atoms with Crippen LogP contribution in [0.2, 0.25) is 5.02 Å². The van der Waals surface area contributed by atoms with E-state index in [1.54, 1.807) is 0 Å². The van der Waals surface area contributed by atoms with Crippen LogP contribution in [0.15, 0.2) is 78.9 Å². The molecule has 1 aliphatic heterocycles. The van der Waals surface area contributed by atoms with Gasteiger partial charge in [0.05, 0.1) is 0 Å². The van der Waals surface area contributed by atoms with Crippen molar-refractivity contribution in [1.82, 2.24) is 10.2 Å². The molecule has 1 saturated heterocycles. The van der Waals surface area contributed by atoms with Crippen LogP contribution in [0, 0.1) is 0 Å². The third-order valence-electron chi connectivity index (χ3n) is 5.58. The number of nitrogens with zero attached hydrogens (tertiary/aromatic N) is 1. The number of halogens is 1. The summed E-state index contributed by atoms with van der Waals surface area (Å²) in [5, 5.41) is 3.72. The lowest BCUT2D eigenvalue weighted by Crippen LogP contribution is -2.24. The number of amides is 1. The van der Waals surface area contributed by atoms with Gasteiger partial charge in [0.15, 0.2) is 0 Å². The maximum atomic E-state index is 13.2. The predicted octanol–water partition coefficient (Wildman–Crippen LogP) is 5.79. The van der Waals surface area contributed by atoms with Gasteiger partial charge in [-0.05, 0) is 60.3 Å². The van der Waals surface area contributed by atoms with Crippen molar-refractivity contribution in [2.24, 2.45) is 0 Å². The van der Waals surface area contributed by atoms with Crippen LogP contribution in [0.5, 0.6) is 0 Å². The second-order valence-electron chi connectivity index (χ2n) is 7.93. The van der Waals surface area contributed by atoms with Crippen molar-refractivity contribution >= 4 is 29.2 Å². The Labute approximate surface area is 189 Å². The van der Waals surface area contributed by atoms with Crippen LogP contribution in [-0.4, -0.2) is 23.9 Å². The molecule has 31 heavy (non-hydrogen) atoms. The summed E-state index contributed by atoms with van der Waals surface area (Å²) in [4.78, 5) is 15.6. The monoisotopic (exact) mass is 430 g/mol. The molecule has 3 nitrogen and oxygen atoms in total.